The summed E-state index contributed by atoms with van der Waals surface area (Å²) in [6.45, 7) is 1.90. The Hall–Kier alpha value is -4.79. The predicted octanol–water partition coefficient (Wildman–Crippen LogP) is 4.82. The molecule has 8 heteroatoms. The van der Waals surface area contributed by atoms with Gasteiger partial charge >= 0.3 is 0 Å². The standard InChI is InChI=1S/C31H29N3O5/c1-21-8-10-24(11-9-21)31(38)34(27-6-4-3-5-7-27)28-19-25(18-26(20-28)30(37)33(2)16-17-35)22-12-14-23(15-13-22)29(36)32-39/h3-15,18-20,35,39H,16-17H2,1-2H3,(H,32,36). The number of aliphatic hydroxyl groups excluding tert-OH is 1. The van der Waals surface area contributed by atoms with E-state index < -0.39 is 5.91 Å². The first kappa shape index (κ1) is 27.3. The van der Waals surface area contributed by atoms with Gasteiger partial charge in [0, 0.05) is 36.0 Å². The zero-order chi connectivity index (χ0) is 27.9. The molecule has 3 N–H and O–H groups in total. The summed E-state index contributed by atoms with van der Waals surface area (Å²) in [5.41, 5.74) is 6.14. The molecule has 4 aromatic rings. The second kappa shape index (κ2) is 12.2. The number of hydrogen-bond acceptors (Lipinski definition) is 5. The second-order valence-electron chi connectivity index (χ2n) is 9.08. The Kier molecular flexibility index (Phi) is 8.50. The molecular formula is C31H29N3O5. The molecular weight excluding hydrogens is 494 g/mol. The molecule has 0 radical (unpaired) electrons. The van der Waals surface area contributed by atoms with E-state index in [1.165, 1.54) is 4.90 Å². The van der Waals surface area contributed by atoms with Gasteiger partial charge in [0.15, 0.2) is 0 Å². The maximum absolute atomic E-state index is 13.9. The minimum atomic E-state index is -0.643. The molecule has 4 aromatic carbocycles. The molecule has 0 spiro atoms. The molecule has 0 aliphatic rings. The van der Waals surface area contributed by atoms with E-state index in [1.54, 1.807) is 66.0 Å². The average molecular weight is 524 g/mol. The van der Waals surface area contributed by atoms with Crippen LogP contribution in [-0.2, 0) is 0 Å². The fourth-order valence-electron chi connectivity index (χ4n) is 4.17. The van der Waals surface area contributed by atoms with Crippen molar-refractivity contribution in [1.82, 2.24) is 10.4 Å². The Morgan fingerprint density at radius 2 is 1.36 bits per heavy atom. The van der Waals surface area contributed by atoms with Gasteiger partial charge in [0.2, 0.25) is 0 Å². The topological polar surface area (TPSA) is 110 Å². The number of nitrogens with zero attached hydrogens (tertiary/aromatic N) is 2. The molecule has 0 saturated heterocycles. The van der Waals surface area contributed by atoms with Crippen molar-refractivity contribution in [1.29, 1.82) is 0 Å². The lowest BCUT2D eigenvalue weighted by atomic mass is 9.99. The number of carbonyl (C=O) groups is 3. The van der Waals surface area contributed by atoms with Crippen molar-refractivity contribution in [3.63, 3.8) is 0 Å². The molecule has 4 rings (SSSR count). The van der Waals surface area contributed by atoms with E-state index in [1.807, 2.05) is 55.5 Å². The molecule has 0 aliphatic carbocycles. The molecule has 0 unspecified atom stereocenters. The van der Waals surface area contributed by atoms with Crippen LogP contribution in [0.3, 0.4) is 0 Å². The van der Waals surface area contributed by atoms with Crippen LogP contribution in [0.4, 0.5) is 11.4 Å². The van der Waals surface area contributed by atoms with Gasteiger partial charge in [-0.3, -0.25) is 24.5 Å². The normalized spacial score (nSPS) is 10.6. The SMILES string of the molecule is Cc1ccc(C(=O)N(c2ccccc2)c2cc(C(=O)N(C)CCO)cc(-c3ccc(C(=O)NO)cc3)c2)cc1. The van der Waals surface area contributed by atoms with Crippen LogP contribution >= 0.6 is 0 Å². The number of amides is 3. The quantitative estimate of drug-likeness (QED) is 0.227. The van der Waals surface area contributed by atoms with Gasteiger partial charge in [0.05, 0.1) is 12.3 Å². The van der Waals surface area contributed by atoms with Crippen molar-refractivity contribution in [2.45, 2.75) is 6.92 Å². The zero-order valence-corrected chi connectivity index (χ0v) is 21.7. The van der Waals surface area contributed by atoms with Crippen LogP contribution in [0.25, 0.3) is 11.1 Å². The van der Waals surface area contributed by atoms with E-state index in [-0.39, 0.29) is 30.5 Å². The Bertz CT molecular complexity index is 1470. The van der Waals surface area contributed by atoms with E-state index in [0.717, 1.165) is 5.56 Å². The van der Waals surface area contributed by atoms with Gasteiger partial charge in [0.25, 0.3) is 17.7 Å². The lowest BCUT2D eigenvalue weighted by Gasteiger charge is -2.25. The summed E-state index contributed by atoms with van der Waals surface area (Å²) in [5, 5.41) is 18.3. The molecule has 0 bridgehead atoms. The van der Waals surface area contributed by atoms with E-state index in [2.05, 4.69) is 0 Å². The van der Waals surface area contributed by atoms with E-state index >= 15 is 0 Å². The van der Waals surface area contributed by atoms with Gasteiger partial charge in [-0.2, -0.15) is 0 Å². The Morgan fingerprint density at radius 1 is 0.718 bits per heavy atom. The summed E-state index contributed by atoms with van der Waals surface area (Å²) in [4.78, 5) is 42.0. The Labute approximate surface area is 226 Å². The number of nitrogens with one attached hydrogen (secondary N) is 1. The molecule has 198 valence electrons. The maximum atomic E-state index is 13.9. The highest BCUT2D eigenvalue weighted by Gasteiger charge is 2.23. The van der Waals surface area contributed by atoms with Crippen LogP contribution in [0.15, 0.2) is 97.1 Å². The van der Waals surface area contributed by atoms with Gasteiger partial charge < -0.3 is 10.0 Å². The van der Waals surface area contributed by atoms with Gasteiger partial charge in [-0.25, -0.2) is 5.48 Å². The Morgan fingerprint density at radius 3 is 1.97 bits per heavy atom. The number of para-hydroxylation sites is 1. The summed E-state index contributed by atoms with van der Waals surface area (Å²) in [6.07, 6.45) is 0. The predicted molar refractivity (Wildman–Crippen MR) is 149 cm³/mol. The molecule has 0 aliphatic heterocycles. The first-order valence-corrected chi connectivity index (χ1v) is 12.3. The third kappa shape index (κ3) is 6.20. The summed E-state index contributed by atoms with van der Waals surface area (Å²) in [5.74, 6) is -1.23. The van der Waals surface area contributed by atoms with Gasteiger partial charge in [-0.1, -0.05) is 48.0 Å². The third-order valence-corrected chi connectivity index (χ3v) is 6.30. The summed E-state index contributed by atoms with van der Waals surface area (Å²) < 4.78 is 0. The Balaban J connectivity index is 1.89. The molecule has 0 atom stereocenters. The van der Waals surface area contributed by atoms with E-state index in [9.17, 15) is 19.5 Å². The number of aryl methyl sites for hydroxylation is 1. The van der Waals surface area contributed by atoms with Crippen LogP contribution in [0, 0.1) is 6.92 Å². The first-order valence-electron chi connectivity index (χ1n) is 12.3. The van der Waals surface area contributed by atoms with Crippen molar-refractivity contribution in [3.8, 4) is 11.1 Å². The van der Waals surface area contributed by atoms with Gasteiger partial charge in [-0.05, 0) is 72.6 Å². The lowest BCUT2D eigenvalue weighted by molar-refractivity contribution is 0.0706. The summed E-state index contributed by atoms with van der Waals surface area (Å²) >= 11 is 0. The molecule has 39 heavy (non-hydrogen) atoms. The third-order valence-electron chi connectivity index (χ3n) is 6.30. The molecule has 0 aromatic heterocycles. The van der Waals surface area contributed by atoms with Crippen molar-refractivity contribution in [2.24, 2.45) is 0 Å². The molecule has 8 nitrogen and oxygen atoms in total. The van der Waals surface area contributed by atoms with E-state index in [0.29, 0.717) is 33.6 Å². The lowest BCUT2D eigenvalue weighted by Crippen LogP contribution is -2.30. The van der Waals surface area contributed by atoms with Crippen molar-refractivity contribution < 1.29 is 24.7 Å². The number of aliphatic hydroxyl groups is 1. The number of anilines is 2. The van der Waals surface area contributed by atoms with Crippen LogP contribution in [-0.4, -0.2) is 53.1 Å². The van der Waals surface area contributed by atoms with Crippen molar-refractivity contribution >= 4 is 29.1 Å². The maximum Gasteiger partial charge on any atom is 0.274 e. The van der Waals surface area contributed by atoms with Gasteiger partial charge in [0.1, 0.15) is 0 Å². The highest BCUT2D eigenvalue weighted by atomic mass is 16.5. The van der Waals surface area contributed by atoms with Crippen molar-refractivity contribution in [2.75, 3.05) is 25.1 Å². The minimum Gasteiger partial charge on any atom is -0.395 e. The van der Waals surface area contributed by atoms with Crippen LogP contribution in [0.2, 0.25) is 0 Å². The average Bonchev–Trinajstić information content (AvgIpc) is 2.97. The van der Waals surface area contributed by atoms with Gasteiger partial charge in [-0.15, -0.1) is 0 Å². The van der Waals surface area contributed by atoms with Crippen LogP contribution in [0.1, 0.15) is 36.6 Å². The van der Waals surface area contributed by atoms with E-state index in [4.69, 9.17) is 5.21 Å². The summed E-state index contributed by atoms with van der Waals surface area (Å²) in [6, 6.07) is 28.1. The number of hydrogen-bond donors (Lipinski definition) is 3. The van der Waals surface area contributed by atoms with Crippen molar-refractivity contribution in [3.05, 3.63) is 119 Å². The number of likely N-dealkylation sites (N-methyl/N-ethyl adjacent to an activating group) is 1. The number of carbonyl (C=O) groups excluding carboxylic acids is 3. The van der Waals surface area contributed by atoms with Crippen LogP contribution < -0.4 is 10.4 Å². The molecule has 0 heterocycles. The smallest absolute Gasteiger partial charge is 0.274 e. The number of hydroxylamine groups is 1. The fraction of sp³-hybridized carbons (Fsp3) is 0.129. The molecule has 3 amide bonds. The second-order valence-corrected chi connectivity index (χ2v) is 9.08. The minimum absolute atomic E-state index is 0.147. The largest absolute Gasteiger partial charge is 0.395 e. The summed E-state index contributed by atoms with van der Waals surface area (Å²) in [7, 11) is 1.60. The zero-order valence-electron chi connectivity index (χ0n) is 21.7. The monoisotopic (exact) mass is 523 g/mol. The highest BCUT2D eigenvalue weighted by molar-refractivity contribution is 6.12. The fourth-order valence-corrected chi connectivity index (χ4v) is 4.17. The number of benzene rings is 4. The number of rotatable bonds is 8. The highest BCUT2D eigenvalue weighted by Crippen LogP contribution is 2.33. The molecule has 0 fully saturated rings. The van der Waals surface area contributed by atoms with Crippen LogP contribution in [0.5, 0.6) is 0 Å². The molecule has 0 saturated carbocycles. The first-order chi connectivity index (χ1) is 18.8.